The Balaban J connectivity index is 1.82. The zero-order chi connectivity index (χ0) is 19.7. The molecule has 2 aliphatic rings. The van der Waals surface area contributed by atoms with E-state index in [9.17, 15) is 8.42 Å². The minimum absolute atomic E-state index is 0.152. The fourth-order valence-corrected chi connectivity index (χ4v) is 5.27. The summed E-state index contributed by atoms with van der Waals surface area (Å²) in [5.74, 6) is 1.16. The van der Waals surface area contributed by atoms with Crippen molar-refractivity contribution in [1.82, 2.24) is 5.32 Å². The van der Waals surface area contributed by atoms with E-state index in [-0.39, 0.29) is 18.0 Å². The van der Waals surface area contributed by atoms with E-state index in [1.807, 2.05) is 6.07 Å². The van der Waals surface area contributed by atoms with Gasteiger partial charge in [-0.05, 0) is 18.2 Å². The lowest BCUT2D eigenvalue weighted by Crippen LogP contribution is -2.44. The van der Waals surface area contributed by atoms with Crippen molar-refractivity contribution < 1.29 is 17.9 Å². The third kappa shape index (κ3) is 3.47. The number of ether oxygens (including phenoxy) is 2. The maximum absolute atomic E-state index is 13.3. The minimum Gasteiger partial charge on any atom is -0.497 e. The number of sulfonamides is 1. The number of nitrogens with one attached hydrogen (secondary N) is 1. The molecule has 2 aromatic carbocycles. The molecule has 28 heavy (non-hydrogen) atoms. The van der Waals surface area contributed by atoms with Crippen LogP contribution in [0.3, 0.4) is 0 Å². The number of piperazine rings is 1. The normalized spacial score (nSPS) is 17.1. The summed E-state index contributed by atoms with van der Waals surface area (Å²) in [7, 11) is -2.22. The molecule has 0 spiro atoms. The molecule has 150 valence electrons. The average molecular weight is 424 g/mol. The molecule has 1 saturated heterocycles. The number of benzene rings is 2. The smallest absolute Gasteiger partial charge is 0.264 e. The number of methoxy groups -OCH3 is 1. The maximum Gasteiger partial charge on any atom is 0.264 e. The van der Waals surface area contributed by atoms with Gasteiger partial charge in [0.25, 0.3) is 10.0 Å². The Labute approximate surface area is 169 Å². The Morgan fingerprint density at radius 1 is 1.11 bits per heavy atom. The van der Waals surface area contributed by atoms with Crippen LogP contribution < -0.4 is 24.0 Å². The van der Waals surface area contributed by atoms with Gasteiger partial charge in [0.1, 0.15) is 12.4 Å². The zero-order valence-corrected chi connectivity index (χ0v) is 17.1. The van der Waals surface area contributed by atoms with Crippen LogP contribution in [-0.4, -0.2) is 54.9 Å². The van der Waals surface area contributed by atoms with E-state index in [1.54, 1.807) is 31.4 Å². The van der Waals surface area contributed by atoms with Crippen LogP contribution in [-0.2, 0) is 10.0 Å². The van der Waals surface area contributed by atoms with Gasteiger partial charge in [0.15, 0.2) is 5.75 Å². The largest absolute Gasteiger partial charge is 0.497 e. The molecular weight excluding hydrogens is 402 g/mol. The monoisotopic (exact) mass is 423 g/mol. The highest BCUT2D eigenvalue weighted by Gasteiger charge is 2.33. The predicted octanol–water partition coefficient (Wildman–Crippen LogP) is 2.35. The summed E-state index contributed by atoms with van der Waals surface area (Å²) in [6.45, 7) is 3.83. The van der Waals surface area contributed by atoms with Crippen LogP contribution in [0.5, 0.6) is 11.5 Å². The number of hydrogen-bond acceptors (Lipinski definition) is 6. The third-order valence-corrected chi connectivity index (χ3v) is 6.95. The van der Waals surface area contributed by atoms with Crippen molar-refractivity contribution in [1.29, 1.82) is 0 Å². The van der Waals surface area contributed by atoms with Crippen LogP contribution >= 0.6 is 11.6 Å². The van der Waals surface area contributed by atoms with E-state index in [4.69, 9.17) is 21.1 Å². The lowest BCUT2D eigenvalue weighted by molar-refractivity contribution is 0.314. The fraction of sp³-hybridized carbons (Fsp3) is 0.368. The summed E-state index contributed by atoms with van der Waals surface area (Å²) in [5.41, 5.74) is 1.33. The number of fused-ring (bicyclic) bond motifs is 1. The summed E-state index contributed by atoms with van der Waals surface area (Å²) in [6, 6.07) is 9.91. The van der Waals surface area contributed by atoms with Crippen LogP contribution in [0.25, 0.3) is 0 Å². The van der Waals surface area contributed by atoms with Crippen LogP contribution in [0, 0.1) is 0 Å². The maximum atomic E-state index is 13.3. The summed E-state index contributed by atoms with van der Waals surface area (Å²) < 4.78 is 39.5. The molecule has 4 rings (SSSR count). The van der Waals surface area contributed by atoms with Gasteiger partial charge in [-0.1, -0.05) is 17.7 Å². The molecule has 9 heteroatoms. The van der Waals surface area contributed by atoms with Crippen molar-refractivity contribution in [2.45, 2.75) is 4.90 Å². The van der Waals surface area contributed by atoms with E-state index >= 15 is 0 Å². The molecule has 0 unspecified atom stereocenters. The van der Waals surface area contributed by atoms with Crippen molar-refractivity contribution in [2.75, 3.05) is 55.6 Å². The van der Waals surface area contributed by atoms with E-state index in [0.717, 1.165) is 31.9 Å². The molecule has 7 nitrogen and oxygen atoms in total. The van der Waals surface area contributed by atoms with Crippen LogP contribution in [0.2, 0.25) is 5.02 Å². The average Bonchev–Trinajstić information content (AvgIpc) is 2.73. The van der Waals surface area contributed by atoms with Crippen LogP contribution in [0.4, 0.5) is 11.4 Å². The molecule has 1 N–H and O–H groups in total. The second-order valence-electron chi connectivity index (χ2n) is 6.61. The molecule has 0 bridgehead atoms. The van der Waals surface area contributed by atoms with Gasteiger partial charge in [-0.15, -0.1) is 0 Å². The number of anilines is 2. The fourth-order valence-electron chi connectivity index (χ4n) is 3.52. The molecule has 0 aromatic heterocycles. The number of hydrogen-bond donors (Lipinski definition) is 1. The second-order valence-corrected chi connectivity index (χ2v) is 8.91. The van der Waals surface area contributed by atoms with Crippen LogP contribution in [0.15, 0.2) is 41.3 Å². The highest BCUT2D eigenvalue weighted by molar-refractivity contribution is 7.92. The van der Waals surface area contributed by atoms with Crippen molar-refractivity contribution >= 4 is 33.0 Å². The minimum atomic E-state index is -3.79. The first-order valence-electron chi connectivity index (χ1n) is 9.09. The number of nitrogens with zero attached hydrogens (tertiary/aromatic N) is 2. The number of rotatable bonds is 4. The van der Waals surface area contributed by atoms with Crippen molar-refractivity contribution in [2.24, 2.45) is 0 Å². The third-order valence-electron chi connectivity index (χ3n) is 4.91. The highest BCUT2D eigenvalue weighted by Crippen LogP contribution is 2.45. The molecule has 2 aliphatic heterocycles. The molecule has 0 atom stereocenters. The first-order chi connectivity index (χ1) is 13.5. The number of halogens is 1. The first kappa shape index (κ1) is 19.2. The Bertz CT molecular complexity index is 977. The summed E-state index contributed by atoms with van der Waals surface area (Å²) in [5, 5.41) is 3.70. The van der Waals surface area contributed by atoms with Gasteiger partial charge in [-0.2, -0.15) is 0 Å². The van der Waals surface area contributed by atoms with Crippen LogP contribution in [0.1, 0.15) is 0 Å². The molecule has 0 aliphatic carbocycles. The quantitative estimate of drug-likeness (QED) is 0.814. The van der Waals surface area contributed by atoms with E-state index in [1.165, 1.54) is 10.4 Å². The van der Waals surface area contributed by atoms with E-state index < -0.39 is 10.0 Å². The molecule has 2 heterocycles. The van der Waals surface area contributed by atoms with Gasteiger partial charge in [0.05, 0.1) is 29.9 Å². The lowest BCUT2D eigenvalue weighted by atomic mass is 10.1. The van der Waals surface area contributed by atoms with Crippen molar-refractivity contribution in [3.63, 3.8) is 0 Å². The lowest BCUT2D eigenvalue weighted by Gasteiger charge is -2.36. The molecular formula is C19H22ClN3O4S. The van der Waals surface area contributed by atoms with Gasteiger partial charge in [-0.3, -0.25) is 4.31 Å². The SMILES string of the molecule is COc1cc(N2CCNCC2)c2c(c1)N(S(=O)(=O)c1cccc(Cl)c1)CCO2. The van der Waals surface area contributed by atoms with Crippen molar-refractivity contribution in [3.8, 4) is 11.5 Å². The predicted molar refractivity (Wildman–Crippen MR) is 110 cm³/mol. The standard InChI is InChI=1S/C19H22ClN3O4S/c1-26-15-12-17(22-7-5-21-6-8-22)19-18(13-15)23(9-10-27-19)28(24,25)16-4-2-3-14(20)11-16/h2-4,11-13,21H,5-10H2,1H3. The van der Waals surface area contributed by atoms with Gasteiger partial charge >= 0.3 is 0 Å². The van der Waals surface area contributed by atoms with Gasteiger partial charge in [-0.25, -0.2) is 8.42 Å². The zero-order valence-electron chi connectivity index (χ0n) is 15.5. The highest BCUT2D eigenvalue weighted by atomic mass is 35.5. The molecule has 1 fully saturated rings. The van der Waals surface area contributed by atoms with Gasteiger partial charge < -0.3 is 19.7 Å². The summed E-state index contributed by atoms with van der Waals surface area (Å²) >= 11 is 6.02. The Morgan fingerprint density at radius 3 is 2.57 bits per heavy atom. The second kappa shape index (κ2) is 7.69. The summed E-state index contributed by atoms with van der Waals surface area (Å²) in [6.07, 6.45) is 0. The molecule has 2 aromatic rings. The Kier molecular flexibility index (Phi) is 5.27. The van der Waals surface area contributed by atoms with E-state index in [2.05, 4.69) is 10.2 Å². The Hall–Kier alpha value is -2.16. The van der Waals surface area contributed by atoms with Gasteiger partial charge in [0, 0.05) is 43.3 Å². The molecule has 0 radical (unpaired) electrons. The molecule has 0 amide bonds. The van der Waals surface area contributed by atoms with Gasteiger partial charge in [0.2, 0.25) is 0 Å². The Morgan fingerprint density at radius 2 is 1.86 bits per heavy atom. The van der Waals surface area contributed by atoms with Crippen molar-refractivity contribution in [3.05, 3.63) is 41.4 Å². The topological polar surface area (TPSA) is 71.1 Å². The molecule has 0 saturated carbocycles. The first-order valence-corrected chi connectivity index (χ1v) is 10.9. The summed E-state index contributed by atoms with van der Waals surface area (Å²) in [4.78, 5) is 2.34. The van der Waals surface area contributed by atoms with E-state index in [0.29, 0.717) is 22.2 Å².